The predicted molar refractivity (Wildman–Crippen MR) is 80.8 cm³/mol. The minimum absolute atomic E-state index is 0.614. The number of nitrogens with two attached hydrogens (primary N) is 1. The molecule has 0 bridgehead atoms. The fourth-order valence-corrected chi connectivity index (χ4v) is 3.02. The summed E-state index contributed by atoms with van der Waals surface area (Å²) in [7, 11) is 0. The molecule has 2 heterocycles. The zero-order valence-corrected chi connectivity index (χ0v) is 12.1. The van der Waals surface area contributed by atoms with Gasteiger partial charge in [-0.2, -0.15) is 0 Å². The van der Waals surface area contributed by atoms with Crippen molar-refractivity contribution >= 4 is 23.2 Å². The Kier molecular flexibility index (Phi) is 3.33. The first-order valence-electron chi connectivity index (χ1n) is 6.23. The Morgan fingerprint density at radius 2 is 2.15 bits per heavy atom. The monoisotopic (exact) mass is 285 g/mol. The van der Waals surface area contributed by atoms with Crippen molar-refractivity contribution in [3.63, 3.8) is 0 Å². The molecule has 0 aliphatic heterocycles. The molecule has 6 heteroatoms. The lowest BCUT2D eigenvalue weighted by atomic mass is 10.2. The highest BCUT2D eigenvalue weighted by Crippen LogP contribution is 2.32. The van der Waals surface area contributed by atoms with Crippen LogP contribution >= 0.6 is 11.8 Å². The van der Waals surface area contributed by atoms with Gasteiger partial charge in [-0.1, -0.05) is 29.5 Å². The van der Waals surface area contributed by atoms with Crippen molar-refractivity contribution in [3.05, 3.63) is 47.9 Å². The molecule has 0 atom stereocenters. The molecule has 0 spiro atoms. The highest BCUT2D eigenvalue weighted by atomic mass is 32.2. The summed E-state index contributed by atoms with van der Waals surface area (Å²) in [5.74, 6) is 6.08. The van der Waals surface area contributed by atoms with E-state index in [1.54, 1.807) is 18.0 Å². The maximum atomic E-state index is 5.47. The number of benzene rings is 1. The summed E-state index contributed by atoms with van der Waals surface area (Å²) in [5, 5.41) is 0.831. The van der Waals surface area contributed by atoms with Gasteiger partial charge in [-0.3, -0.25) is 0 Å². The van der Waals surface area contributed by atoms with E-state index in [9.17, 15) is 0 Å². The van der Waals surface area contributed by atoms with Gasteiger partial charge >= 0.3 is 0 Å². The number of rotatable bonds is 3. The number of hydrogen-bond donors (Lipinski definition) is 2. The highest BCUT2D eigenvalue weighted by Gasteiger charge is 2.10. The third-order valence-corrected chi connectivity index (χ3v) is 4.17. The van der Waals surface area contributed by atoms with Crippen molar-refractivity contribution in [2.75, 3.05) is 5.43 Å². The van der Waals surface area contributed by atoms with E-state index >= 15 is 0 Å². The Morgan fingerprint density at radius 1 is 1.30 bits per heavy atom. The molecule has 0 amide bonds. The van der Waals surface area contributed by atoms with E-state index in [4.69, 9.17) is 5.84 Å². The van der Waals surface area contributed by atoms with Crippen molar-refractivity contribution in [1.82, 2.24) is 14.4 Å². The number of hydrazine groups is 1. The van der Waals surface area contributed by atoms with Gasteiger partial charge in [0.15, 0.2) is 11.5 Å². The summed E-state index contributed by atoms with van der Waals surface area (Å²) in [6, 6.07) is 6.37. The van der Waals surface area contributed by atoms with E-state index in [1.807, 2.05) is 16.8 Å². The fourth-order valence-electron chi connectivity index (χ4n) is 2.06. The Balaban J connectivity index is 2.07. The maximum absolute atomic E-state index is 5.47. The Hall–Kier alpha value is -2.05. The Morgan fingerprint density at radius 3 is 2.90 bits per heavy atom. The quantitative estimate of drug-likeness (QED) is 0.572. The molecule has 3 aromatic rings. The smallest absolute Gasteiger partial charge is 0.170 e. The second kappa shape index (κ2) is 5.15. The molecule has 0 saturated carbocycles. The average molecular weight is 285 g/mol. The first kappa shape index (κ1) is 13.0. The normalized spacial score (nSPS) is 10.9. The lowest BCUT2D eigenvalue weighted by Crippen LogP contribution is -2.10. The molecular weight excluding hydrogens is 270 g/mol. The van der Waals surface area contributed by atoms with Gasteiger partial charge in [0, 0.05) is 17.3 Å². The molecule has 20 heavy (non-hydrogen) atoms. The highest BCUT2D eigenvalue weighted by molar-refractivity contribution is 7.99. The number of anilines is 1. The van der Waals surface area contributed by atoms with Crippen LogP contribution in [0.4, 0.5) is 5.82 Å². The minimum atomic E-state index is 0.614. The molecule has 1 aromatic carbocycles. The third-order valence-electron chi connectivity index (χ3n) is 3.03. The third kappa shape index (κ3) is 2.35. The lowest BCUT2D eigenvalue weighted by Gasteiger charge is -2.09. The van der Waals surface area contributed by atoms with Crippen molar-refractivity contribution in [2.24, 2.45) is 5.84 Å². The zero-order chi connectivity index (χ0) is 14.1. The summed E-state index contributed by atoms with van der Waals surface area (Å²) in [4.78, 5) is 10.0. The number of nitrogens with zero attached hydrogens (tertiary/aromatic N) is 3. The second-order valence-electron chi connectivity index (χ2n) is 4.60. The van der Waals surface area contributed by atoms with Crippen LogP contribution in [0.5, 0.6) is 0 Å². The molecule has 0 saturated heterocycles. The standard InChI is InChI=1S/C14H15N5S/c1-9-3-4-11(10(2)7-9)20-14-13-16-5-6-19(13)8-12(17-14)18-15/h3-8,18H,15H2,1-2H3. The van der Waals surface area contributed by atoms with Gasteiger partial charge in [0.25, 0.3) is 0 Å². The molecule has 2 aromatic heterocycles. The van der Waals surface area contributed by atoms with E-state index in [2.05, 4.69) is 47.4 Å². The summed E-state index contributed by atoms with van der Waals surface area (Å²) >= 11 is 1.60. The number of aryl methyl sites for hydroxylation is 2. The molecular formula is C14H15N5S. The summed E-state index contributed by atoms with van der Waals surface area (Å²) in [6.45, 7) is 4.19. The zero-order valence-electron chi connectivity index (χ0n) is 11.3. The van der Waals surface area contributed by atoms with Crippen molar-refractivity contribution in [3.8, 4) is 0 Å². The van der Waals surface area contributed by atoms with Gasteiger partial charge in [-0.25, -0.2) is 15.8 Å². The largest absolute Gasteiger partial charge is 0.307 e. The van der Waals surface area contributed by atoms with E-state index in [0.29, 0.717) is 5.82 Å². The second-order valence-corrected chi connectivity index (χ2v) is 5.64. The topological polar surface area (TPSA) is 68.2 Å². The molecule has 0 unspecified atom stereocenters. The number of nitrogens with one attached hydrogen (secondary N) is 1. The number of hydrogen-bond acceptors (Lipinski definition) is 5. The summed E-state index contributed by atoms with van der Waals surface area (Å²) in [6.07, 6.45) is 5.45. The summed E-state index contributed by atoms with van der Waals surface area (Å²) < 4.78 is 1.91. The van der Waals surface area contributed by atoms with Crippen LogP contribution in [0.1, 0.15) is 11.1 Å². The lowest BCUT2D eigenvalue weighted by molar-refractivity contribution is 1.02. The predicted octanol–water partition coefficient (Wildman–Crippen LogP) is 2.78. The first-order valence-corrected chi connectivity index (χ1v) is 7.04. The first-order chi connectivity index (χ1) is 9.67. The van der Waals surface area contributed by atoms with Crippen molar-refractivity contribution in [2.45, 2.75) is 23.8 Å². The summed E-state index contributed by atoms with van der Waals surface area (Å²) in [5.41, 5.74) is 5.90. The van der Waals surface area contributed by atoms with E-state index in [0.717, 1.165) is 10.7 Å². The van der Waals surface area contributed by atoms with Gasteiger partial charge < -0.3 is 9.83 Å². The average Bonchev–Trinajstić information content (AvgIpc) is 2.90. The number of imidazole rings is 1. The van der Waals surface area contributed by atoms with Gasteiger partial charge in [0.1, 0.15) is 5.03 Å². The van der Waals surface area contributed by atoms with Crippen LogP contribution in [0.25, 0.3) is 5.65 Å². The number of nitrogen functional groups attached to an aromatic ring is 1. The van der Waals surface area contributed by atoms with Gasteiger partial charge in [0.05, 0.1) is 6.20 Å². The van der Waals surface area contributed by atoms with Gasteiger partial charge in [-0.15, -0.1) is 0 Å². The SMILES string of the molecule is Cc1ccc(Sc2nc(NN)cn3ccnc23)c(C)c1. The van der Waals surface area contributed by atoms with Crippen LogP contribution in [0.3, 0.4) is 0 Å². The van der Waals surface area contributed by atoms with Crippen LogP contribution in [-0.2, 0) is 0 Å². The fraction of sp³-hybridized carbons (Fsp3) is 0.143. The minimum Gasteiger partial charge on any atom is -0.307 e. The van der Waals surface area contributed by atoms with Gasteiger partial charge in [0.2, 0.25) is 0 Å². The molecule has 5 nitrogen and oxygen atoms in total. The van der Waals surface area contributed by atoms with Crippen LogP contribution in [0.15, 0.2) is 46.7 Å². The molecule has 0 aliphatic carbocycles. The molecule has 102 valence electrons. The van der Waals surface area contributed by atoms with Crippen LogP contribution < -0.4 is 11.3 Å². The van der Waals surface area contributed by atoms with E-state index in [-0.39, 0.29) is 0 Å². The molecule has 0 aliphatic rings. The van der Waals surface area contributed by atoms with Crippen LogP contribution in [-0.4, -0.2) is 14.4 Å². The molecule has 3 N–H and O–H groups in total. The molecule has 0 radical (unpaired) electrons. The Labute approximate surface area is 121 Å². The maximum Gasteiger partial charge on any atom is 0.170 e. The molecule has 3 rings (SSSR count). The molecule has 0 fully saturated rings. The van der Waals surface area contributed by atoms with Crippen LogP contribution in [0, 0.1) is 13.8 Å². The van der Waals surface area contributed by atoms with E-state index < -0.39 is 0 Å². The van der Waals surface area contributed by atoms with Crippen molar-refractivity contribution < 1.29 is 0 Å². The Bertz CT molecular complexity index is 765. The number of aromatic nitrogens is 3. The number of fused-ring (bicyclic) bond motifs is 1. The van der Waals surface area contributed by atoms with Gasteiger partial charge in [-0.05, 0) is 25.5 Å². The van der Waals surface area contributed by atoms with E-state index in [1.165, 1.54) is 16.0 Å². The van der Waals surface area contributed by atoms with Crippen molar-refractivity contribution in [1.29, 1.82) is 0 Å². The van der Waals surface area contributed by atoms with Crippen LogP contribution in [0.2, 0.25) is 0 Å².